The zero-order valence-electron chi connectivity index (χ0n) is 9.91. The van der Waals surface area contributed by atoms with Crippen molar-refractivity contribution in [1.29, 1.82) is 0 Å². The Kier molecular flexibility index (Phi) is 4.43. The van der Waals surface area contributed by atoms with Crippen molar-refractivity contribution < 1.29 is 17.9 Å². The van der Waals surface area contributed by atoms with Crippen LogP contribution in [0.3, 0.4) is 0 Å². The molecule has 0 atom stereocenters. The maximum atomic E-state index is 12.2. The van der Waals surface area contributed by atoms with E-state index >= 15 is 0 Å². The summed E-state index contributed by atoms with van der Waals surface area (Å²) in [5, 5.41) is 2.88. The Labute approximate surface area is 121 Å². The number of nitrogens with one attached hydrogen (secondary N) is 1. The highest BCUT2D eigenvalue weighted by atomic mass is 79.9. The van der Waals surface area contributed by atoms with Gasteiger partial charge in [0, 0.05) is 29.5 Å². The average Bonchev–Trinajstić information content (AvgIpc) is 2.35. The van der Waals surface area contributed by atoms with Gasteiger partial charge in [-0.3, -0.25) is 0 Å². The maximum Gasteiger partial charge on any atom is 0.573 e. The molecule has 0 amide bonds. The van der Waals surface area contributed by atoms with Gasteiger partial charge in [0.15, 0.2) is 0 Å². The van der Waals surface area contributed by atoms with Gasteiger partial charge in [-0.05, 0) is 23.8 Å². The molecule has 8 heteroatoms. The molecule has 1 aromatic carbocycles. The highest BCUT2D eigenvalue weighted by Gasteiger charge is 2.31. The number of hydrogen-bond donors (Lipinski definition) is 1. The molecule has 0 aliphatic heterocycles. The van der Waals surface area contributed by atoms with Gasteiger partial charge in [-0.15, -0.1) is 13.2 Å². The molecule has 20 heavy (non-hydrogen) atoms. The summed E-state index contributed by atoms with van der Waals surface area (Å²) in [6.07, 6.45) is -1.84. The lowest BCUT2D eigenvalue weighted by Crippen LogP contribution is -2.17. The van der Waals surface area contributed by atoms with Crippen LogP contribution in [0, 0.1) is 6.07 Å². The van der Waals surface area contributed by atoms with Crippen LogP contribution in [0.1, 0.15) is 5.56 Å². The highest BCUT2D eigenvalue weighted by molar-refractivity contribution is 9.10. The van der Waals surface area contributed by atoms with Crippen LogP contribution in [0.5, 0.6) is 5.75 Å². The van der Waals surface area contributed by atoms with Gasteiger partial charge in [0.2, 0.25) is 5.95 Å². The summed E-state index contributed by atoms with van der Waals surface area (Å²) in [4.78, 5) is 7.79. The molecule has 0 aliphatic carbocycles. The Morgan fingerprint density at radius 3 is 2.55 bits per heavy atom. The van der Waals surface area contributed by atoms with Gasteiger partial charge in [0.1, 0.15) is 5.75 Å². The van der Waals surface area contributed by atoms with E-state index in [1.807, 2.05) is 0 Å². The maximum absolute atomic E-state index is 12.2. The molecule has 0 bridgehead atoms. The second-order valence-electron chi connectivity index (χ2n) is 3.70. The standard InChI is InChI=1S/C12H8BrF3N3O/c13-9-4-8(5-10(6-9)20-12(14,15)16)7-19-11-17-2-1-3-18-11/h2-6H,7H2,(H,17,18,19). The van der Waals surface area contributed by atoms with E-state index in [9.17, 15) is 13.2 Å². The quantitative estimate of drug-likeness (QED) is 0.919. The summed E-state index contributed by atoms with van der Waals surface area (Å²) in [6, 6.07) is 6.87. The molecule has 1 N–H and O–H groups in total. The first kappa shape index (κ1) is 14.6. The lowest BCUT2D eigenvalue weighted by molar-refractivity contribution is -0.274. The van der Waals surface area contributed by atoms with Gasteiger partial charge in [-0.1, -0.05) is 15.9 Å². The third-order valence-electron chi connectivity index (χ3n) is 2.14. The fourth-order valence-electron chi connectivity index (χ4n) is 1.45. The third kappa shape index (κ3) is 4.69. The second kappa shape index (κ2) is 6.08. The Bertz CT molecular complexity index is 578. The molecule has 2 rings (SSSR count). The normalized spacial score (nSPS) is 11.2. The van der Waals surface area contributed by atoms with Crippen molar-refractivity contribution in [2.75, 3.05) is 5.32 Å². The number of halogens is 4. The molecule has 1 heterocycles. The van der Waals surface area contributed by atoms with Crippen molar-refractivity contribution in [2.24, 2.45) is 0 Å². The molecule has 0 fully saturated rings. The van der Waals surface area contributed by atoms with Crippen LogP contribution in [0.15, 0.2) is 35.1 Å². The Morgan fingerprint density at radius 1 is 1.20 bits per heavy atom. The number of benzene rings is 1. The summed E-state index contributed by atoms with van der Waals surface area (Å²) >= 11 is 3.14. The van der Waals surface area contributed by atoms with Gasteiger partial charge in [-0.25, -0.2) is 9.97 Å². The van der Waals surface area contributed by atoms with Gasteiger partial charge in [0.25, 0.3) is 0 Å². The highest BCUT2D eigenvalue weighted by Crippen LogP contribution is 2.27. The number of nitrogens with zero attached hydrogens (tertiary/aromatic N) is 2. The predicted molar refractivity (Wildman–Crippen MR) is 69.0 cm³/mol. The summed E-state index contributed by atoms with van der Waals surface area (Å²) in [7, 11) is 0. The minimum Gasteiger partial charge on any atom is -0.406 e. The molecule has 4 nitrogen and oxygen atoms in total. The van der Waals surface area contributed by atoms with E-state index in [-0.39, 0.29) is 12.3 Å². The van der Waals surface area contributed by atoms with Gasteiger partial charge in [-0.2, -0.15) is 0 Å². The van der Waals surface area contributed by atoms with E-state index in [4.69, 9.17) is 0 Å². The number of ether oxygens (including phenoxy) is 1. The van der Waals surface area contributed by atoms with Gasteiger partial charge < -0.3 is 10.1 Å². The van der Waals surface area contributed by atoms with E-state index in [1.54, 1.807) is 6.07 Å². The topological polar surface area (TPSA) is 47.0 Å². The van der Waals surface area contributed by atoms with Crippen molar-refractivity contribution in [2.45, 2.75) is 12.9 Å². The average molecular weight is 347 g/mol. The second-order valence-corrected chi connectivity index (χ2v) is 4.62. The van der Waals surface area contributed by atoms with Crippen molar-refractivity contribution in [3.05, 3.63) is 46.7 Å². The van der Waals surface area contributed by atoms with E-state index in [2.05, 4.69) is 42.0 Å². The molecule has 0 spiro atoms. The Balaban J connectivity index is 2.08. The van der Waals surface area contributed by atoms with Crippen LogP contribution < -0.4 is 10.1 Å². The van der Waals surface area contributed by atoms with Crippen LogP contribution in [0.25, 0.3) is 0 Å². The van der Waals surface area contributed by atoms with Crippen molar-refractivity contribution in [3.8, 4) is 5.75 Å². The molecule has 2 aromatic rings. The SMILES string of the molecule is FC(F)(F)Oc1cc(Br)cc(CNc2nc[c]cn2)c1. The smallest absolute Gasteiger partial charge is 0.406 e. The van der Waals surface area contributed by atoms with Crippen molar-refractivity contribution >= 4 is 21.9 Å². The molecule has 105 valence electrons. The summed E-state index contributed by atoms with van der Waals surface area (Å²) in [6.45, 7) is 0.262. The number of rotatable bonds is 4. The van der Waals surface area contributed by atoms with Crippen molar-refractivity contribution in [3.63, 3.8) is 0 Å². The Hall–Kier alpha value is -1.83. The van der Waals surface area contributed by atoms with Crippen LogP contribution in [0.4, 0.5) is 19.1 Å². The Morgan fingerprint density at radius 2 is 1.90 bits per heavy atom. The van der Waals surface area contributed by atoms with Crippen LogP contribution in [-0.2, 0) is 6.54 Å². The van der Waals surface area contributed by atoms with Crippen molar-refractivity contribution in [1.82, 2.24) is 9.97 Å². The molecular weight excluding hydrogens is 339 g/mol. The molecule has 0 saturated carbocycles. The molecule has 0 aliphatic rings. The number of anilines is 1. The number of alkyl halides is 3. The first-order valence-electron chi connectivity index (χ1n) is 5.39. The minimum atomic E-state index is -4.72. The van der Waals surface area contributed by atoms with Crippen LogP contribution in [0.2, 0.25) is 0 Å². The molecule has 0 saturated heterocycles. The minimum absolute atomic E-state index is 0.262. The lowest BCUT2D eigenvalue weighted by Gasteiger charge is -2.11. The fraction of sp³-hybridized carbons (Fsp3) is 0.167. The predicted octanol–water partition coefficient (Wildman–Crippen LogP) is 3.55. The fourth-order valence-corrected chi connectivity index (χ4v) is 1.97. The largest absolute Gasteiger partial charge is 0.573 e. The van der Waals surface area contributed by atoms with Gasteiger partial charge >= 0.3 is 6.36 Å². The number of hydrogen-bond acceptors (Lipinski definition) is 4. The van der Waals surface area contributed by atoms with E-state index in [1.165, 1.54) is 24.5 Å². The number of aromatic nitrogens is 2. The summed E-state index contributed by atoms with van der Waals surface area (Å²) in [5.41, 5.74) is 0.593. The first-order valence-corrected chi connectivity index (χ1v) is 6.19. The monoisotopic (exact) mass is 346 g/mol. The molecule has 1 aromatic heterocycles. The first-order chi connectivity index (χ1) is 9.42. The lowest BCUT2D eigenvalue weighted by atomic mass is 10.2. The van der Waals surface area contributed by atoms with E-state index in [0.717, 1.165) is 0 Å². The summed E-state index contributed by atoms with van der Waals surface area (Å²) < 4.78 is 40.9. The van der Waals surface area contributed by atoms with Crippen LogP contribution >= 0.6 is 15.9 Å². The zero-order chi connectivity index (χ0) is 14.6. The van der Waals surface area contributed by atoms with Gasteiger partial charge in [0.05, 0.1) is 0 Å². The summed E-state index contributed by atoms with van der Waals surface area (Å²) in [5.74, 6) is 0.0769. The third-order valence-corrected chi connectivity index (χ3v) is 2.60. The molecule has 0 unspecified atom stereocenters. The van der Waals surface area contributed by atoms with E-state index < -0.39 is 6.36 Å². The molecular formula is C12H8BrF3N3O. The zero-order valence-corrected chi connectivity index (χ0v) is 11.5. The van der Waals surface area contributed by atoms with E-state index in [0.29, 0.717) is 16.0 Å². The molecule has 1 radical (unpaired) electrons. The van der Waals surface area contributed by atoms with Crippen LogP contribution in [-0.4, -0.2) is 16.3 Å².